The first-order valence-corrected chi connectivity index (χ1v) is 7.94. The molecule has 1 N–H and O–H groups in total. The normalized spacial score (nSPS) is 12.4. The lowest BCUT2D eigenvalue weighted by Gasteiger charge is -2.06. The third-order valence-corrected chi connectivity index (χ3v) is 4.21. The summed E-state index contributed by atoms with van der Waals surface area (Å²) < 4.78 is 14.2. The Morgan fingerprint density at radius 1 is 1.20 bits per heavy atom. The molecule has 0 aliphatic carbocycles. The van der Waals surface area contributed by atoms with Crippen molar-refractivity contribution in [3.05, 3.63) is 53.9 Å². The van der Waals surface area contributed by atoms with Crippen molar-refractivity contribution in [1.82, 2.24) is 19.7 Å². The SMILES string of the molecule is Cn1cccc1-c1cc(C(=O)NCc2ccc3c(c2)OCO3)n(C)n1. The van der Waals surface area contributed by atoms with Crippen LogP contribution >= 0.6 is 0 Å². The average Bonchev–Trinajstić information content (AvgIpc) is 3.31. The highest BCUT2D eigenvalue weighted by Gasteiger charge is 2.17. The summed E-state index contributed by atoms with van der Waals surface area (Å²) in [6, 6.07) is 11.3. The highest BCUT2D eigenvalue weighted by Crippen LogP contribution is 2.32. The van der Waals surface area contributed by atoms with E-state index < -0.39 is 0 Å². The van der Waals surface area contributed by atoms with Crippen LogP contribution in [0.5, 0.6) is 11.5 Å². The van der Waals surface area contributed by atoms with Gasteiger partial charge in [-0.1, -0.05) is 6.07 Å². The molecule has 1 amide bonds. The lowest BCUT2D eigenvalue weighted by atomic mass is 10.2. The molecule has 1 aromatic carbocycles. The Morgan fingerprint density at radius 3 is 2.84 bits per heavy atom. The van der Waals surface area contributed by atoms with Crippen molar-refractivity contribution in [2.75, 3.05) is 6.79 Å². The van der Waals surface area contributed by atoms with Crippen molar-refractivity contribution in [1.29, 1.82) is 0 Å². The number of aromatic nitrogens is 3. The summed E-state index contributed by atoms with van der Waals surface area (Å²) >= 11 is 0. The summed E-state index contributed by atoms with van der Waals surface area (Å²) in [4.78, 5) is 12.5. The van der Waals surface area contributed by atoms with E-state index in [0.717, 1.165) is 22.7 Å². The van der Waals surface area contributed by atoms with Gasteiger partial charge in [0.05, 0.1) is 5.69 Å². The van der Waals surface area contributed by atoms with E-state index in [4.69, 9.17) is 9.47 Å². The second-order valence-corrected chi connectivity index (χ2v) is 5.91. The zero-order chi connectivity index (χ0) is 17.4. The molecule has 0 fully saturated rings. The number of carbonyl (C=O) groups is 1. The second-order valence-electron chi connectivity index (χ2n) is 5.91. The van der Waals surface area contributed by atoms with Crippen molar-refractivity contribution in [3.8, 4) is 22.9 Å². The van der Waals surface area contributed by atoms with Gasteiger partial charge < -0.3 is 19.4 Å². The number of fused-ring (bicyclic) bond motifs is 1. The number of ether oxygens (including phenoxy) is 2. The first-order valence-electron chi connectivity index (χ1n) is 7.94. The van der Waals surface area contributed by atoms with Crippen molar-refractivity contribution in [2.45, 2.75) is 6.54 Å². The molecule has 128 valence electrons. The molecule has 0 saturated carbocycles. The zero-order valence-electron chi connectivity index (χ0n) is 14.0. The molecule has 3 aromatic rings. The molecule has 0 bridgehead atoms. The van der Waals surface area contributed by atoms with E-state index in [1.54, 1.807) is 17.8 Å². The molecule has 0 radical (unpaired) electrons. The molecule has 0 spiro atoms. The molecule has 3 heterocycles. The topological polar surface area (TPSA) is 70.3 Å². The average molecular weight is 338 g/mol. The third-order valence-electron chi connectivity index (χ3n) is 4.21. The van der Waals surface area contributed by atoms with E-state index in [1.165, 1.54) is 0 Å². The minimum atomic E-state index is -0.173. The second kappa shape index (κ2) is 6.01. The summed E-state index contributed by atoms with van der Waals surface area (Å²) in [7, 11) is 3.71. The molecule has 7 heteroatoms. The quantitative estimate of drug-likeness (QED) is 0.791. The molecule has 25 heavy (non-hydrogen) atoms. The molecule has 7 nitrogen and oxygen atoms in total. The van der Waals surface area contributed by atoms with Gasteiger partial charge in [-0.15, -0.1) is 0 Å². The summed E-state index contributed by atoms with van der Waals surface area (Å²) in [5.41, 5.74) is 3.19. The van der Waals surface area contributed by atoms with E-state index in [-0.39, 0.29) is 12.7 Å². The van der Waals surface area contributed by atoms with Gasteiger partial charge in [-0.3, -0.25) is 9.48 Å². The van der Waals surface area contributed by atoms with Crippen LogP contribution in [0.15, 0.2) is 42.6 Å². The fourth-order valence-electron chi connectivity index (χ4n) is 2.86. The number of hydrogen-bond donors (Lipinski definition) is 1. The number of amides is 1. The predicted molar refractivity (Wildman–Crippen MR) is 91.4 cm³/mol. The van der Waals surface area contributed by atoms with Crippen LogP contribution in [0.3, 0.4) is 0 Å². The number of nitrogens with one attached hydrogen (secondary N) is 1. The van der Waals surface area contributed by atoms with E-state index in [9.17, 15) is 4.79 Å². The van der Waals surface area contributed by atoms with Crippen molar-refractivity contribution < 1.29 is 14.3 Å². The monoisotopic (exact) mass is 338 g/mol. The molecular formula is C18H18N4O3. The Kier molecular flexibility index (Phi) is 3.68. The molecule has 4 rings (SSSR count). The van der Waals surface area contributed by atoms with Crippen LogP contribution in [0.25, 0.3) is 11.4 Å². The van der Waals surface area contributed by atoms with Gasteiger partial charge >= 0.3 is 0 Å². The summed E-state index contributed by atoms with van der Waals surface area (Å²) in [5.74, 6) is 1.26. The highest BCUT2D eigenvalue weighted by atomic mass is 16.7. The van der Waals surface area contributed by atoms with E-state index >= 15 is 0 Å². The van der Waals surface area contributed by atoms with Crippen LogP contribution in [0.2, 0.25) is 0 Å². The third kappa shape index (κ3) is 2.84. The highest BCUT2D eigenvalue weighted by molar-refractivity contribution is 5.93. The number of rotatable bonds is 4. The van der Waals surface area contributed by atoms with Crippen LogP contribution in [0, 0.1) is 0 Å². The number of benzene rings is 1. The lowest BCUT2D eigenvalue weighted by Crippen LogP contribution is -2.25. The van der Waals surface area contributed by atoms with Crippen molar-refractivity contribution in [2.24, 2.45) is 14.1 Å². The lowest BCUT2D eigenvalue weighted by molar-refractivity contribution is 0.0941. The van der Waals surface area contributed by atoms with Crippen molar-refractivity contribution >= 4 is 5.91 Å². The minimum Gasteiger partial charge on any atom is -0.454 e. The largest absolute Gasteiger partial charge is 0.454 e. The van der Waals surface area contributed by atoms with Crippen LogP contribution < -0.4 is 14.8 Å². The number of carbonyl (C=O) groups excluding carboxylic acids is 1. The maximum atomic E-state index is 12.5. The van der Waals surface area contributed by atoms with Crippen LogP contribution in [0.4, 0.5) is 0 Å². The van der Waals surface area contributed by atoms with Gasteiger partial charge in [0, 0.05) is 26.8 Å². The molecule has 1 aliphatic heterocycles. The number of nitrogens with zero attached hydrogens (tertiary/aromatic N) is 3. The minimum absolute atomic E-state index is 0.173. The predicted octanol–water partition coefficient (Wildman–Crippen LogP) is 2.08. The Hall–Kier alpha value is -3.22. The van der Waals surface area contributed by atoms with Gasteiger partial charge in [0.1, 0.15) is 11.4 Å². The molecular weight excluding hydrogens is 320 g/mol. The maximum Gasteiger partial charge on any atom is 0.269 e. The van der Waals surface area contributed by atoms with E-state index in [2.05, 4.69) is 10.4 Å². The molecule has 0 atom stereocenters. The van der Waals surface area contributed by atoms with Gasteiger partial charge in [-0.25, -0.2) is 0 Å². The Morgan fingerprint density at radius 2 is 2.04 bits per heavy atom. The van der Waals surface area contributed by atoms with Gasteiger partial charge in [-0.05, 0) is 35.9 Å². The summed E-state index contributed by atoms with van der Waals surface area (Å²) in [6.07, 6.45) is 1.95. The van der Waals surface area contributed by atoms with Crippen LogP contribution in [-0.2, 0) is 20.6 Å². The maximum absolute atomic E-state index is 12.5. The zero-order valence-corrected chi connectivity index (χ0v) is 14.0. The van der Waals surface area contributed by atoms with Gasteiger partial charge in [0.2, 0.25) is 6.79 Å². The van der Waals surface area contributed by atoms with Gasteiger partial charge in [-0.2, -0.15) is 5.10 Å². The first kappa shape index (κ1) is 15.3. The fourth-order valence-corrected chi connectivity index (χ4v) is 2.86. The molecule has 0 unspecified atom stereocenters. The van der Waals surface area contributed by atoms with Crippen molar-refractivity contribution in [3.63, 3.8) is 0 Å². The van der Waals surface area contributed by atoms with E-state index in [1.807, 2.05) is 48.1 Å². The Balaban J connectivity index is 1.48. The fraction of sp³-hybridized carbons (Fsp3) is 0.222. The summed E-state index contributed by atoms with van der Waals surface area (Å²) in [5, 5.41) is 7.35. The van der Waals surface area contributed by atoms with E-state index in [0.29, 0.717) is 18.0 Å². The Bertz CT molecular complexity index is 942. The van der Waals surface area contributed by atoms with Gasteiger partial charge in [0.15, 0.2) is 11.5 Å². The molecule has 0 saturated heterocycles. The number of hydrogen-bond acceptors (Lipinski definition) is 4. The summed E-state index contributed by atoms with van der Waals surface area (Å²) in [6.45, 7) is 0.641. The van der Waals surface area contributed by atoms with Gasteiger partial charge in [0.25, 0.3) is 5.91 Å². The number of aryl methyl sites for hydroxylation is 2. The first-order chi connectivity index (χ1) is 12.1. The molecule has 2 aromatic heterocycles. The Labute approximate surface area is 144 Å². The standard InChI is InChI=1S/C18H18N4O3/c1-21-7-3-4-14(21)13-9-15(22(2)20-13)18(23)19-10-12-5-6-16-17(8-12)25-11-24-16/h3-9H,10-11H2,1-2H3,(H,19,23). The molecule has 1 aliphatic rings. The smallest absolute Gasteiger partial charge is 0.269 e. The van der Waals surface area contributed by atoms with Crippen LogP contribution in [-0.4, -0.2) is 27.0 Å². The van der Waals surface area contributed by atoms with Crippen LogP contribution in [0.1, 0.15) is 16.1 Å².